The lowest BCUT2D eigenvalue weighted by molar-refractivity contribution is -0.123. The molecule has 2 bridgehead atoms. The number of thioether (sulfide) groups is 1. The number of halogens is 1. The van der Waals surface area contributed by atoms with Crippen molar-refractivity contribution in [1.82, 2.24) is 10.0 Å². The molecule has 2 aliphatic carbocycles. The first-order valence-corrected chi connectivity index (χ1v) is 12.8. The number of benzene rings is 1. The van der Waals surface area contributed by atoms with Crippen LogP contribution in [-0.2, 0) is 14.8 Å². The molecule has 0 aliphatic heterocycles. The summed E-state index contributed by atoms with van der Waals surface area (Å²) >= 11 is 1.54. The molecule has 156 valence electrons. The highest BCUT2D eigenvalue weighted by Gasteiger charge is 2.42. The van der Waals surface area contributed by atoms with Gasteiger partial charge in [0.25, 0.3) is 0 Å². The van der Waals surface area contributed by atoms with E-state index in [1.165, 1.54) is 49.2 Å². The van der Waals surface area contributed by atoms with Crippen molar-refractivity contribution < 1.29 is 17.6 Å². The summed E-state index contributed by atoms with van der Waals surface area (Å²) in [5.74, 6) is 1.38. The van der Waals surface area contributed by atoms with Gasteiger partial charge < -0.3 is 5.32 Å². The summed E-state index contributed by atoms with van der Waals surface area (Å²) in [5.41, 5.74) is 0. The van der Waals surface area contributed by atoms with Crippen LogP contribution >= 0.6 is 11.8 Å². The zero-order valence-corrected chi connectivity index (χ0v) is 18.0. The molecule has 3 rings (SSSR count). The minimum absolute atomic E-state index is 0.0116. The molecule has 5 nitrogen and oxygen atoms in total. The van der Waals surface area contributed by atoms with Crippen molar-refractivity contribution in [1.29, 1.82) is 0 Å². The average molecular weight is 429 g/mol. The lowest BCUT2D eigenvalue weighted by Gasteiger charge is -2.30. The molecule has 1 aromatic carbocycles. The van der Waals surface area contributed by atoms with E-state index >= 15 is 0 Å². The van der Waals surface area contributed by atoms with Crippen LogP contribution in [0.4, 0.5) is 4.39 Å². The number of amides is 1. The van der Waals surface area contributed by atoms with Crippen molar-refractivity contribution in [3.63, 3.8) is 0 Å². The van der Waals surface area contributed by atoms with E-state index in [4.69, 9.17) is 0 Å². The fraction of sp³-hybridized carbons (Fsp3) is 0.650. The minimum Gasteiger partial charge on any atom is -0.352 e. The van der Waals surface area contributed by atoms with Gasteiger partial charge in [0.1, 0.15) is 16.8 Å². The van der Waals surface area contributed by atoms with Crippen molar-refractivity contribution in [3.05, 3.63) is 30.1 Å². The van der Waals surface area contributed by atoms with Crippen molar-refractivity contribution in [2.75, 3.05) is 12.0 Å². The van der Waals surface area contributed by atoms with Gasteiger partial charge in [0.05, 0.1) is 0 Å². The summed E-state index contributed by atoms with van der Waals surface area (Å²) < 4.78 is 41.7. The Balaban J connectivity index is 1.68. The molecule has 0 saturated heterocycles. The maximum Gasteiger partial charge on any atom is 0.244 e. The molecule has 2 fully saturated rings. The van der Waals surface area contributed by atoms with Crippen LogP contribution in [0.25, 0.3) is 0 Å². The van der Waals surface area contributed by atoms with E-state index in [0.717, 1.165) is 18.4 Å². The predicted octanol–water partition coefficient (Wildman–Crippen LogP) is 3.17. The third-order valence-corrected chi connectivity index (χ3v) is 8.30. The van der Waals surface area contributed by atoms with Crippen molar-refractivity contribution in [2.24, 2.45) is 17.8 Å². The Bertz CT molecular complexity index is 802. The number of carbonyl (C=O) groups excluding carboxylic acids is 1. The van der Waals surface area contributed by atoms with E-state index in [-0.39, 0.29) is 11.9 Å². The zero-order chi connectivity index (χ0) is 20.3. The largest absolute Gasteiger partial charge is 0.352 e. The number of nitrogens with one attached hydrogen (secondary N) is 2. The van der Waals surface area contributed by atoms with Gasteiger partial charge >= 0.3 is 0 Å². The number of hydrogen-bond donors (Lipinski definition) is 2. The Hall–Kier alpha value is -1.12. The van der Waals surface area contributed by atoms with Gasteiger partial charge in [0, 0.05) is 6.04 Å². The Morgan fingerprint density at radius 2 is 2.04 bits per heavy atom. The highest BCUT2D eigenvalue weighted by molar-refractivity contribution is 7.98. The fourth-order valence-corrected chi connectivity index (χ4v) is 6.51. The first-order valence-electron chi connectivity index (χ1n) is 9.88. The molecule has 0 aromatic heterocycles. The molecular formula is C20H29FN2O3S2. The van der Waals surface area contributed by atoms with Crippen LogP contribution in [0.3, 0.4) is 0 Å². The van der Waals surface area contributed by atoms with Crippen LogP contribution < -0.4 is 10.0 Å². The molecule has 2 N–H and O–H groups in total. The summed E-state index contributed by atoms with van der Waals surface area (Å²) in [6.45, 7) is 2.01. The first-order chi connectivity index (χ1) is 13.3. The van der Waals surface area contributed by atoms with E-state index in [9.17, 15) is 17.6 Å². The van der Waals surface area contributed by atoms with Crippen LogP contribution in [0.1, 0.15) is 39.0 Å². The summed E-state index contributed by atoms with van der Waals surface area (Å²) in [6, 6.07) is 4.30. The quantitative estimate of drug-likeness (QED) is 0.634. The van der Waals surface area contributed by atoms with Gasteiger partial charge in [-0.2, -0.15) is 16.5 Å². The Kier molecular flexibility index (Phi) is 7.04. The standard InChI is InChI=1S/C20H29FN2O3S2/c1-13(16-12-14-7-8-15(16)11-14)22-20(24)18(9-10-27-2)23-28(25,26)19-6-4-3-5-17(19)21/h3-6,13-16,18,23H,7-12H2,1-2H3,(H,22,24). The topological polar surface area (TPSA) is 75.3 Å². The van der Waals surface area contributed by atoms with Crippen molar-refractivity contribution in [2.45, 2.75) is 56.0 Å². The van der Waals surface area contributed by atoms with Gasteiger partial charge in [-0.1, -0.05) is 18.6 Å². The molecule has 5 atom stereocenters. The van der Waals surface area contributed by atoms with Gasteiger partial charge in [-0.05, 0) is 74.5 Å². The molecule has 0 radical (unpaired) electrons. The third kappa shape index (κ3) is 4.89. The van der Waals surface area contributed by atoms with Crippen molar-refractivity contribution >= 4 is 27.7 Å². The summed E-state index contributed by atoms with van der Waals surface area (Å²) in [5, 5.41) is 3.04. The van der Waals surface area contributed by atoms with E-state index in [1.807, 2.05) is 13.2 Å². The zero-order valence-electron chi connectivity index (χ0n) is 16.4. The van der Waals surface area contributed by atoms with Crippen molar-refractivity contribution in [3.8, 4) is 0 Å². The van der Waals surface area contributed by atoms with Crippen LogP contribution in [0, 0.1) is 23.6 Å². The van der Waals surface area contributed by atoms with Crippen LogP contribution in [0.5, 0.6) is 0 Å². The second kappa shape index (κ2) is 9.13. The second-order valence-electron chi connectivity index (χ2n) is 8.02. The molecule has 8 heteroatoms. The number of hydrogen-bond acceptors (Lipinski definition) is 4. The van der Waals surface area contributed by atoms with Gasteiger partial charge in [0.2, 0.25) is 15.9 Å². The van der Waals surface area contributed by atoms with Gasteiger partial charge in [0.15, 0.2) is 0 Å². The summed E-state index contributed by atoms with van der Waals surface area (Å²) in [7, 11) is -4.12. The normalized spacial score (nSPS) is 26.2. The fourth-order valence-electron chi connectivity index (χ4n) is 4.73. The molecule has 5 unspecified atom stereocenters. The first kappa shape index (κ1) is 21.6. The molecule has 28 heavy (non-hydrogen) atoms. The van der Waals surface area contributed by atoms with Crippen LogP contribution in [0.2, 0.25) is 0 Å². The minimum atomic E-state index is -4.12. The average Bonchev–Trinajstić information content (AvgIpc) is 3.28. The SMILES string of the molecule is CSCCC(NS(=O)(=O)c1ccccc1F)C(=O)NC(C)C1CC2CCC1C2. The number of rotatable bonds is 9. The van der Waals surface area contributed by atoms with Gasteiger partial charge in [-0.3, -0.25) is 4.79 Å². The Labute approximate surface area is 171 Å². The number of sulfonamides is 1. The van der Waals surface area contributed by atoms with Crippen LogP contribution in [0.15, 0.2) is 29.2 Å². The smallest absolute Gasteiger partial charge is 0.244 e. The summed E-state index contributed by atoms with van der Waals surface area (Å²) in [6.07, 6.45) is 7.16. The highest BCUT2D eigenvalue weighted by Crippen LogP contribution is 2.49. The van der Waals surface area contributed by atoms with E-state index in [0.29, 0.717) is 24.0 Å². The molecule has 2 aliphatic rings. The lowest BCUT2D eigenvalue weighted by Crippen LogP contribution is -2.51. The lowest BCUT2D eigenvalue weighted by atomic mass is 9.84. The maximum absolute atomic E-state index is 14.0. The predicted molar refractivity (Wildman–Crippen MR) is 110 cm³/mol. The molecule has 2 saturated carbocycles. The van der Waals surface area contributed by atoms with Gasteiger partial charge in [-0.15, -0.1) is 0 Å². The monoisotopic (exact) mass is 428 g/mol. The Morgan fingerprint density at radius 1 is 1.29 bits per heavy atom. The van der Waals surface area contributed by atoms with E-state index in [2.05, 4.69) is 10.0 Å². The van der Waals surface area contributed by atoms with E-state index in [1.54, 1.807) is 0 Å². The third-order valence-electron chi connectivity index (χ3n) is 6.16. The summed E-state index contributed by atoms with van der Waals surface area (Å²) in [4.78, 5) is 12.4. The number of carbonyl (C=O) groups is 1. The molecular weight excluding hydrogens is 399 g/mol. The second-order valence-corrected chi connectivity index (χ2v) is 10.7. The number of fused-ring (bicyclic) bond motifs is 2. The maximum atomic E-state index is 14.0. The molecule has 0 spiro atoms. The molecule has 0 heterocycles. The Morgan fingerprint density at radius 3 is 2.64 bits per heavy atom. The molecule has 1 amide bonds. The van der Waals surface area contributed by atoms with Crippen LogP contribution in [-0.4, -0.2) is 38.4 Å². The molecule has 1 aromatic rings. The van der Waals surface area contributed by atoms with Gasteiger partial charge in [-0.25, -0.2) is 12.8 Å². The van der Waals surface area contributed by atoms with E-state index < -0.39 is 26.8 Å². The highest BCUT2D eigenvalue weighted by atomic mass is 32.2.